The molecule has 15 heteroatoms. The molecule has 1 spiro atoms. The number of phenols is 1. The summed E-state index contributed by atoms with van der Waals surface area (Å²) in [4.78, 5) is 18.4. The van der Waals surface area contributed by atoms with Gasteiger partial charge in [0.2, 0.25) is 5.88 Å². The Morgan fingerprint density at radius 1 is 1.05 bits per heavy atom. The largest absolute Gasteiger partial charge is 0.508 e. The molecule has 5 atom stereocenters. The van der Waals surface area contributed by atoms with Gasteiger partial charge in [0.1, 0.15) is 45.2 Å². The number of hydrogen-bond acceptors (Lipinski definition) is 13. The lowest BCUT2D eigenvalue weighted by molar-refractivity contribution is -0.184. The molecule has 6 heterocycles. The highest BCUT2D eigenvalue weighted by molar-refractivity contribution is 6.02. The highest BCUT2D eigenvalue weighted by Crippen LogP contribution is 2.50. The fraction of sp³-hybridized carbons (Fsp3) is 0.575. The number of aromatic nitrogens is 3. The van der Waals surface area contributed by atoms with Crippen LogP contribution in [0.5, 0.6) is 17.6 Å². The van der Waals surface area contributed by atoms with E-state index in [-0.39, 0.29) is 94.4 Å². The van der Waals surface area contributed by atoms with E-state index in [4.69, 9.17) is 28.7 Å². The number of fused-ring (bicyclic) bond motifs is 3. The first-order valence-electron chi connectivity index (χ1n) is 19.2. The molecule has 4 saturated heterocycles. The zero-order valence-corrected chi connectivity index (χ0v) is 31.1. The predicted molar refractivity (Wildman–Crippen MR) is 197 cm³/mol. The molecule has 5 aliphatic rings. The summed E-state index contributed by atoms with van der Waals surface area (Å²) in [6.45, 7) is 4.61. The van der Waals surface area contributed by atoms with Gasteiger partial charge in [0, 0.05) is 35.0 Å². The maximum Gasteiger partial charge on any atom is 0.319 e. The van der Waals surface area contributed by atoms with Gasteiger partial charge in [-0.25, -0.2) is 13.8 Å². The molecule has 2 aromatic carbocycles. The van der Waals surface area contributed by atoms with Crippen LogP contribution < -0.4 is 14.4 Å². The number of piperidine rings is 1. The Morgan fingerprint density at radius 2 is 1.89 bits per heavy atom. The second kappa shape index (κ2) is 13.9. The van der Waals surface area contributed by atoms with Gasteiger partial charge in [0.05, 0.1) is 59.4 Å². The number of ether oxygens (including phenoxy) is 5. The maximum absolute atomic E-state index is 17.3. The van der Waals surface area contributed by atoms with E-state index >= 15 is 8.78 Å². The Balaban J connectivity index is 1.15. The fourth-order valence-corrected chi connectivity index (χ4v) is 9.81. The van der Waals surface area contributed by atoms with Crippen LogP contribution in [0.2, 0.25) is 0 Å². The van der Waals surface area contributed by atoms with Crippen LogP contribution in [0.1, 0.15) is 45.4 Å². The van der Waals surface area contributed by atoms with E-state index in [9.17, 15) is 15.3 Å². The van der Waals surface area contributed by atoms with Crippen molar-refractivity contribution in [1.82, 2.24) is 19.9 Å². The van der Waals surface area contributed by atoms with Crippen molar-refractivity contribution in [2.45, 2.75) is 74.8 Å². The molecule has 1 saturated carbocycles. The van der Waals surface area contributed by atoms with Gasteiger partial charge in [-0.1, -0.05) is 18.6 Å². The first-order valence-corrected chi connectivity index (χ1v) is 19.2. The van der Waals surface area contributed by atoms with Gasteiger partial charge in [0.15, 0.2) is 5.82 Å². The van der Waals surface area contributed by atoms with Crippen molar-refractivity contribution in [1.29, 1.82) is 0 Å². The van der Waals surface area contributed by atoms with Crippen LogP contribution in [0.15, 0.2) is 30.3 Å². The standard InChI is InChI=1S/C40H47F2N5O8/c1-38(50)18-46(15-26(16-48)53-19-38)35-31-34(32(42)33(43-36(31)51-2)27-13-25(49)12-23-6-3-7-28(41)30(23)27)44-37(45-35)54-20-39-9-4-8-29(39)47(11-5-10-39)24-14-40(55-17-24)21-52-22-40/h3,6-7,12-13,24,26,29,48-50H,4-5,8-11,14-22H2,1-2H3. The number of rotatable bonds is 8. The topological polar surface area (TPSA) is 152 Å². The Morgan fingerprint density at radius 3 is 2.65 bits per heavy atom. The summed E-state index contributed by atoms with van der Waals surface area (Å²) in [6, 6.07) is 7.56. The van der Waals surface area contributed by atoms with Crippen molar-refractivity contribution in [3.05, 3.63) is 42.0 Å². The minimum absolute atomic E-state index is 0.0148. The third-order valence-electron chi connectivity index (χ3n) is 12.4. The number of methoxy groups -OCH3 is 1. The van der Waals surface area contributed by atoms with Crippen LogP contribution in [0.25, 0.3) is 32.9 Å². The van der Waals surface area contributed by atoms with Crippen molar-refractivity contribution in [3.63, 3.8) is 0 Å². The molecule has 5 fully saturated rings. The predicted octanol–water partition coefficient (Wildman–Crippen LogP) is 4.36. The number of phenolic OH excluding ortho intramolecular Hbond substituents is 1. The molecule has 294 valence electrons. The first-order chi connectivity index (χ1) is 26.5. The van der Waals surface area contributed by atoms with Crippen molar-refractivity contribution in [3.8, 4) is 28.9 Å². The Hall–Kier alpha value is -3.99. The van der Waals surface area contributed by atoms with Crippen LogP contribution in [0.3, 0.4) is 0 Å². The Bertz CT molecular complexity index is 2120. The van der Waals surface area contributed by atoms with E-state index in [0.717, 1.165) is 45.1 Å². The summed E-state index contributed by atoms with van der Waals surface area (Å²) >= 11 is 0. The van der Waals surface area contributed by atoms with Gasteiger partial charge in [-0.3, -0.25) is 4.90 Å². The van der Waals surface area contributed by atoms with Crippen molar-refractivity contribution >= 4 is 27.5 Å². The fourth-order valence-electron chi connectivity index (χ4n) is 9.81. The molecule has 2 aromatic heterocycles. The van der Waals surface area contributed by atoms with Gasteiger partial charge >= 0.3 is 6.01 Å². The quantitative estimate of drug-likeness (QED) is 0.234. The van der Waals surface area contributed by atoms with Crippen LogP contribution in [0, 0.1) is 17.0 Å². The van der Waals surface area contributed by atoms with Crippen molar-refractivity contribution in [2.75, 3.05) is 71.3 Å². The number of hydrogen-bond donors (Lipinski definition) is 3. The summed E-state index contributed by atoms with van der Waals surface area (Å²) in [5.41, 5.74) is -2.17. The molecule has 0 amide bonds. The molecular formula is C40H47F2N5O8. The maximum atomic E-state index is 17.3. The molecule has 1 aliphatic carbocycles. The number of anilines is 1. The van der Waals surface area contributed by atoms with Gasteiger partial charge < -0.3 is 43.9 Å². The van der Waals surface area contributed by atoms with Crippen LogP contribution in [-0.4, -0.2) is 131 Å². The average molecular weight is 764 g/mol. The minimum Gasteiger partial charge on any atom is -0.508 e. The smallest absolute Gasteiger partial charge is 0.319 e. The van der Waals surface area contributed by atoms with Gasteiger partial charge in [-0.05, 0) is 69.2 Å². The number of pyridine rings is 1. The minimum atomic E-state index is -1.37. The number of halogens is 2. The lowest BCUT2D eigenvalue weighted by Crippen LogP contribution is -2.56. The number of benzene rings is 2. The molecule has 55 heavy (non-hydrogen) atoms. The monoisotopic (exact) mass is 763 g/mol. The zero-order chi connectivity index (χ0) is 38.1. The number of aliphatic hydroxyl groups is 2. The summed E-state index contributed by atoms with van der Waals surface area (Å²) in [7, 11) is 1.38. The van der Waals surface area contributed by atoms with Crippen LogP contribution >= 0.6 is 0 Å². The molecule has 5 unspecified atom stereocenters. The normalized spacial score (nSPS) is 29.4. The van der Waals surface area contributed by atoms with Crippen molar-refractivity contribution < 1.29 is 47.8 Å². The summed E-state index contributed by atoms with van der Waals surface area (Å²) < 4.78 is 62.6. The highest BCUT2D eigenvalue weighted by atomic mass is 19.1. The highest BCUT2D eigenvalue weighted by Gasteiger charge is 2.54. The van der Waals surface area contributed by atoms with E-state index in [0.29, 0.717) is 37.9 Å². The zero-order valence-electron chi connectivity index (χ0n) is 31.1. The number of aliphatic hydroxyl groups excluding tert-OH is 1. The van der Waals surface area contributed by atoms with Gasteiger partial charge in [0.25, 0.3) is 0 Å². The molecule has 0 radical (unpaired) electrons. The number of β-amino-alcohol motifs (C(OH)–C–C–N with tert-alkyl or cyclic N) is 1. The SMILES string of the molecule is COc1nc(-c2cc(O)cc3cccc(F)c23)c(F)c2nc(OCC34CCCC3N(C3COC5(COC5)C3)CCC4)nc(N3CC(CO)OCC(C)(O)C3)c12. The van der Waals surface area contributed by atoms with E-state index in [1.165, 1.54) is 31.4 Å². The van der Waals surface area contributed by atoms with E-state index < -0.39 is 23.3 Å². The van der Waals surface area contributed by atoms with Gasteiger partial charge in [-0.2, -0.15) is 9.97 Å². The molecular weight excluding hydrogens is 716 g/mol. The third-order valence-corrected chi connectivity index (χ3v) is 12.4. The van der Waals surface area contributed by atoms with Crippen LogP contribution in [-0.2, 0) is 14.2 Å². The van der Waals surface area contributed by atoms with Crippen LogP contribution in [0.4, 0.5) is 14.6 Å². The second-order valence-electron chi connectivity index (χ2n) is 16.4. The van der Waals surface area contributed by atoms with E-state index in [2.05, 4.69) is 14.9 Å². The lowest BCUT2D eigenvalue weighted by Gasteiger charge is -2.48. The summed E-state index contributed by atoms with van der Waals surface area (Å²) in [6.07, 6.45) is 5.28. The van der Waals surface area contributed by atoms with Gasteiger partial charge in [-0.15, -0.1) is 0 Å². The number of nitrogens with zero attached hydrogens (tertiary/aromatic N) is 5. The first kappa shape index (κ1) is 36.6. The number of aromatic hydroxyl groups is 1. The summed E-state index contributed by atoms with van der Waals surface area (Å²) in [5.74, 6) is -1.60. The van der Waals surface area contributed by atoms with Crippen molar-refractivity contribution in [2.24, 2.45) is 5.41 Å². The molecule has 4 aromatic rings. The number of likely N-dealkylation sites (tertiary alicyclic amines) is 1. The van der Waals surface area contributed by atoms with E-state index in [1.807, 2.05) is 0 Å². The average Bonchev–Trinajstić information content (AvgIpc) is 3.77. The molecule has 3 N–H and O–H groups in total. The summed E-state index contributed by atoms with van der Waals surface area (Å²) in [5, 5.41) is 32.6. The molecule has 9 rings (SSSR count). The Kier molecular flexibility index (Phi) is 9.25. The second-order valence-corrected chi connectivity index (χ2v) is 16.4. The molecule has 0 bridgehead atoms. The third kappa shape index (κ3) is 6.42. The Labute approximate surface area is 317 Å². The lowest BCUT2D eigenvalue weighted by atomic mass is 9.74. The molecule has 13 nitrogen and oxygen atoms in total. The van der Waals surface area contributed by atoms with E-state index in [1.54, 1.807) is 17.9 Å². The molecule has 4 aliphatic heterocycles.